The third kappa shape index (κ3) is 3.53. The van der Waals surface area contributed by atoms with Gasteiger partial charge in [-0.15, -0.1) is 0 Å². The van der Waals surface area contributed by atoms with Gasteiger partial charge in [0.1, 0.15) is 11.5 Å². The molecule has 0 radical (unpaired) electrons. The second-order valence-electron chi connectivity index (χ2n) is 5.32. The number of benzene rings is 1. The maximum absolute atomic E-state index is 13.1. The van der Waals surface area contributed by atoms with Crippen molar-refractivity contribution in [2.24, 2.45) is 0 Å². The van der Waals surface area contributed by atoms with E-state index in [0.717, 1.165) is 22.9 Å². The number of carbonyl (C=O) groups excluding carboxylic acids is 1. The average Bonchev–Trinajstić information content (AvgIpc) is 3.21. The van der Waals surface area contributed by atoms with E-state index in [0.29, 0.717) is 24.7 Å². The molecule has 1 amide bonds. The first-order valence-corrected chi connectivity index (χ1v) is 7.83. The van der Waals surface area contributed by atoms with Gasteiger partial charge in [-0.05, 0) is 59.0 Å². The van der Waals surface area contributed by atoms with E-state index in [-0.39, 0.29) is 11.7 Å². The lowest BCUT2D eigenvalue weighted by molar-refractivity contribution is 0.0944. The summed E-state index contributed by atoms with van der Waals surface area (Å²) >= 11 is 3.42. The first-order valence-electron chi connectivity index (χ1n) is 7.03. The third-order valence-electron chi connectivity index (χ3n) is 3.58. The number of nitrogens with zero attached hydrogens (tertiary/aromatic N) is 1. The minimum atomic E-state index is -0.245. The quantitative estimate of drug-likeness (QED) is 0.876. The molecule has 0 saturated heterocycles. The van der Waals surface area contributed by atoms with Crippen molar-refractivity contribution in [2.75, 3.05) is 6.54 Å². The van der Waals surface area contributed by atoms with Gasteiger partial charge in [-0.25, -0.2) is 4.39 Å². The topological polar surface area (TPSA) is 34.0 Å². The van der Waals surface area contributed by atoms with E-state index < -0.39 is 0 Å². The Morgan fingerprint density at radius 2 is 2.19 bits per heavy atom. The fourth-order valence-corrected chi connectivity index (χ4v) is 2.82. The highest BCUT2D eigenvalue weighted by molar-refractivity contribution is 9.10. The molecule has 3 nitrogen and oxygen atoms in total. The van der Waals surface area contributed by atoms with Gasteiger partial charge in [0, 0.05) is 23.3 Å². The van der Waals surface area contributed by atoms with Crippen LogP contribution in [0, 0.1) is 5.82 Å². The van der Waals surface area contributed by atoms with Crippen LogP contribution in [-0.4, -0.2) is 17.0 Å². The van der Waals surface area contributed by atoms with Gasteiger partial charge < -0.3 is 9.88 Å². The van der Waals surface area contributed by atoms with Crippen molar-refractivity contribution in [3.8, 4) is 0 Å². The molecule has 0 aliphatic heterocycles. The maximum Gasteiger partial charge on any atom is 0.267 e. The van der Waals surface area contributed by atoms with Gasteiger partial charge in [0.25, 0.3) is 5.91 Å². The van der Waals surface area contributed by atoms with Crippen molar-refractivity contribution < 1.29 is 9.18 Å². The Balaban J connectivity index is 1.59. The molecule has 3 rings (SSSR count). The normalized spacial score (nSPS) is 14.2. The molecule has 5 heteroatoms. The SMILES string of the molecule is O=C(NCCc1cccc(F)c1)c1cc(Br)cn1C1CC1. The van der Waals surface area contributed by atoms with E-state index in [9.17, 15) is 9.18 Å². The first-order chi connectivity index (χ1) is 10.1. The van der Waals surface area contributed by atoms with Crippen LogP contribution in [0.3, 0.4) is 0 Å². The molecule has 1 N–H and O–H groups in total. The van der Waals surface area contributed by atoms with Gasteiger partial charge in [0.2, 0.25) is 0 Å². The van der Waals surface area contributed by atoms with Crippen molar-refractivity contribution in [2.45, 2.75) is 25.3 Å². The lowest BCUT2D eigenvalue weighted by Gasteiger charge is -2.08. The summed E-state index contributed by atoms with van der Waals surface area (Å²) < 4.78 is 16.0. The van der Waals surface area contributed by atoms with Crippen LogP contribution in [-0.2, 0) is 6.42 Å². The number of rotatable bonds is 5. The molecule has 21 heavy (non-hydrogen) atoms. The van der Waals surface area contributed by atoms with Crippen LogP contribution in [0.4, 0.5) is 4.39 Å². The van der Waals surface area contributed by atoms with Gasteiger partial charge in [0.05, 0.1) is 0 Å². The van der Waals surface area contributed by atoms with Crippen molar-refractivity contribution in [1.29, 1.82) is 0 Å². The maximum atomic E-state index is 13.1. The first kappa shape index (κ1) is 14.3. The minimum Gasteiger partial charge on any atom is -0.350 e. The van der Waals surface area contributed by atoms with Crippen LogP contribution in [0.2, 0.25) is 0 Å². The number of hydrogen-bond donors (Lipinski definition) is 1. The Kier molecular flexibility index (Phi) is 4.10. The summed E-state index contributed by atoms with van der Waals surface area (Å²) in [6, 6.07) is 8.76. The van der Waals surface area contributed by atoms with E-state index >= 15 is 0 Å². The molecule has 1 aliphatic carbocycles. The predicted octanol–water partition coefficient (Wildman–Crippen LogP) is 3.70. The fraction of sp³-hybridized carbons (Fsp3) is 0.312. The molecule has 0 spiro atoms. The van der Waals surface area contributed by atoms with Crippen LogP contribution in [0.1, 0.15) is 34.9 Å². The Morgan fingerprint density at radius 3 is 2.90 bits per heavy atom. The minimum absolute atomic E-state index is 0.0796. The van der Waals surface area contributed by atoms with Crippen molar-refractivity contribution >= 4 is 21.8 Å². The molecule has 1 aromatic carbocycles. The lowest BCUT2D eigenvalue weighted by Crippen LogP contribution is -2.27. The zero-order chi connectivity index (χ0) is 14.8. The van der Waals surface area contributed by atoms with Crippen molar-refractivity contribution in [3.05, 3.63) is 58.1 Å². The van der Waals surface area contributed by atoms with E-state index in [2.05, 4.69) is 21.2 Å². The fourth-order valence-electron chi connectivity index (χ4n) is 2.39. The van der Waals surface area contributed by atoms with Gasteiger partial charge in [-0.3, -0.25) is 4.79 Å². The molecular formula is C16H16BrFN2O. The summed E-state index contributed by atoms with van der Waals surface area (Å²) in [5.41, 5.74) is 1.57. The number of hydrogen-bond acceptors (Lipinski definition) is 1. The molecule has 110 valence electrons. The van der Waals surface area contributed by atoms with E-state index in [1.165, 1.54) is 12.1 Å². The van der Waals surface area contributed by atoms with Crippen LogP contribution >= 0.6 is 15.9 Å². The van der Waals surface area contributed by atoms with Crippen molar-refractivity contribution in [3.63, 3.8) is 0 Å². The third-order valence-corrected chi connectivity index (χ3v) is 4.01. The Morgan fingerprint density at radius 1 is 1.38 bits per heavy atom. The molecule has 0 bridgehead atoms. The molecule has 0 unspecified atom stereocenters. The van der Waals surface area contributed by atoms with Crippen LogP contribution in [0.25, 0.3) is 0 Å². The highest BCUT2D eigenvalue weighted by atomic mass is 79.9. The summed E-state index contributed by atoms with van der Waals surface area (Å²) in [5.74, 6) is -0.325. The van der Waals surface area contributed by atoms with Crippen molar-refractivity contribution in [1.82, 2.24) is 9.88 Å². The van der Waals surface area contributed by atoms with E-state index in [1.807, 2.05) is 22.9 Å². The van der Waals surface area contributed by atoms with E-state index in [1.54, 1.807) is 6.07 Å². The van der Waals surface area contributed by atoms with Gasteiger partial charge in [-0.2, -0.15) is 0 Å². The molecule has 1 heterocycles. The van der Waals surface area contributed by atoms with E-state index in [4.69, 9.17) is 0 Å². The summed E-state index contributed by atoms with van der Waals surface area (Å²) in [4.78, 5) is 12.2. The Bertz CT molecular complexity index is 664. The Hall–Kier alpha value is -1.62. The van der Waals surface area contributed by atoms with Gasteiger partial charge in [-0.1, -0.05) is 12.1 Å². The Labute approximate surface area is 131 Å². The molecule has 1 saturated carbocycles. The number of aromatic nitrogens is 1. The zero-order valence-electron chi connectivity index (χ0n) is 11.5. The second kappa shape index (κ2) is 6.02. The smallest absolute Gasteiger partial charge is 0.267 e. The van der Waals surface area contributed by atoms with Crippen LogP contribution in [0.15, 0.2) is 41.0 Å². The predicted molar refractivity (Wildman–Crippen MR) is 82.8 cm³/mol. The zero-order valence-corrected chi connectivity index (χ0v) is 13.1. The molecule has 0 atom stereocenters. The molecular weight excluding hydrogens is 335 g/mol. The number of halogens is 2. The van der Waals surface area contributed by atoms with Crippen LogP contribution < -0.4 is 5.32 Å². The summed E-state index contributed by atoms with van der Waals surface area (Å²) in [5, 5.41) is 2.90. The summed E-state index contributed by atoms with van der Waals surface area (Å²) in [7, 11) is 0. The molecule has 1 aromatic heterocycles. The lowest BCUT2D eigenvalue weighted by atomic mass is 10.1. The number of amides is 1. The number of nitrogens with one attached hydrogen (secondary N) is 1. The monoisotopic (exact) mass is 350 g/mol. The van der Waals surface area contributed by atoms with Gasteiger partial charge >= 0.3 is 0 Å². The number of carbonyl (C=O) groups is 1. The highest BCUT2D eigenvalue weighted by Gasteiger charge is 2.27. The molecule has 1 fully saturated rings. The second-order valence-corrected chi connectivity index (χ2v) is 6.23. The molecule has 2 aromatic rings. The summed E-state index contributed by atoms with van der Waals surface area (Å²) in [6.45, 7) is 0.496. The van der Waals surface area contributed by atoms with Crippen LogP contribution in [0.5, 0.6) is 0 Å². The molecule has 1 aliphatic rings. The largest absolute Gasteiger partial charge is 0.350 e. The standard InChI is InChI=1S/C16H16BrFN2O/c17-12-9-15(20(10-12)14-4-5-14)16(21)19-7-6-11-2-1-3-13(18)8-11/h1-3,8-10,14H,4-7H2,(H,19,21). The van der Waals surface area contributed by atoms with Gasteiger partial charge in [0.15, 0.2) is 0 Å². The highest BCUT2D eigenvalue weighted by Crippen LogP contribution is 2.37. The summed E-state index contributed by atoms with van der Waals surface area (Å²) in [6.07, 6.45) is 4.84. The average molecular weight is 351 g/mol.